The van der Waals surface area contributed by atoms with E-state index in [0.29, 0.717) is 17.8 Å². The number of nitrogens with two attached hydrogens (primary N) is 1. The molecule has 0 radical (unpaired) electrons. The van der Waals surface area contributed by atoms with E-state index in [2.05, 4.69) is 0 Å². The van der Waals surface area contributed by atoms with E-state index in [1.165, 1.54) is 0 Å². The van der Waals surface area contributed by atoms with E-state index < -0.39 is 0 Å². The molecule has 2 aromatic rings. The van der Waals surface area contributed by atoms with Gasteiger partial charge in [0, 0.05) is 24.8 Å². The van der Waals surface area contributed by atoms with E-state index in [1.807, 2.05) is 13.0 Å². The number of amides is 1. The van der Waals surface area contributed by atoms with Crippen LogP contribution in [-0.4, -0.2) is 23.0 Å². The van der Waals surface area contributed by atoms with Gasteiger partial charge in [0.2, 0.25) is 0 Å². The van der Waals surface area contributed by atoms with Crippen molar-refractivity contribution in [2.24, 2.45) is 0 Å². The number of carbonyl (C=O) groups excluding carboxylic acids is 1. The predicted molar refractivity (Wildman–Crippen MR) is 79.5 cm³/mol. The number of nitrogens with zero attached hydrogens (tertiary/aromatic N) is 1. The molecule has 0 aromatic heterocycles. The molecule has 0 heterocycles. The maximum absolute atomic E-state index is 12.3. The third-order valence-corrected chi connectivity index (χ3v) is 3.23. The molecular weight excluding hydrogens is 252 g/mol. The topological polar surface area (TPSA) is 66.6 Å². The molecule has 104 valence electrons. The number of phenols is 1. The number of hydrogen-bond acceptors (Lipinski definition) is 3. The molecular formula is C16H18N2O2. The summed E-state index contributed by atoms with van der Waals surface area (Å²) in [7, 11) is 1.74. The largest absolute Gasteiger partial charge is 0.508 e. The van der Waals surface area contributed by atoms with Crippen LogP contribution in [0.3, 0.4) is 0 Å². The van der Waals surface area contributed by atoms with Gasteiger partial charge in [-0.1, -0.05) is 18.2 Å². The first-order valence-corrected chi connectivity index (χ1v) is 6.37. The summed E-state index contributed by atoms with van der Waals surface area (Å²) in [5, 5.41) is 9.24. The Kier molecular flexibility index (Phi) is 3.94. The van der Waals surface area contributed by atoms with E-state index in [-0.39, 0.29) is 11.7 Å². The molecule has 0 fully saturated rings. The average molecular weight is 270 g/mol. The summed E-state index contributed by atoms with van der Waals surface area (Å²) in [5.74, 6) is 0.138. The van der Waals surface area contributed by atoms with Crippen molar-refractivity contribution in [3.05, 3.63) is 59.2 Å². The van der Waals surface area contributed by atoms with Gasteiger partial charge < -0.3 is 15.7 Å². The van der Waals surface area contributed by atoms with E-state index in [1.54, 1.807) is 48.3 Å². The van der Waals surface area contributed by atoms with Gasteiger partial charge in [-0.2, -0.15) is 0 Å². The second-order valence-electron chi connectivity index (χ2n) is 4.90. The van der Waals surface area contributed by atoms with Crippen molar-refractivity contribution < 1.29 is 9.90 Å². The van der Waals surface area contributed by atoms with Crippen LogP contribution in [0.15, 0.2) is 42.5 Å². The summed E-state index contributed by atoms with van der Waals surface area (Å²) >= 11 is 0. The van der Waals surface area contributed by atoms with Gasteiger partial charge >= 0.3 is 0 Å². The molecule has 0 saturated heterocycles. The standard InChI is InChI=1S/C16H18N2O2/c1-11-3-6-13(9-15(11)17)16(20)18(2)10-12-4-7-14(19)8-5-12/h3-9,19H,10,17H2,1-2H3. The lowest BCUT2D eigenvalue weighted by molar-refractivity contribution is 0.0785. The van der Waals surface area contributed by atoms with E-state index >= 15 is 0 Å². The normalized spacial score (nSPS) is 10.3. The Morgan fingerprint density at radius 1 is 1.20 bits per heavy atom. The molecule has 0 aliphatic heterocycles. The second kappa shape index (κ2) is 5.65. The van der Waals surface area contributed by atoms with Gasteiger partial charge in [-0.15, -0.1) is 0 Å². The second-order valence-corrected chi connectivity index (χ2v) is 4.90. The Labute approximate surface area is 118 Å². The molecule has 0 aliphatic carbocycles. The number of anilines is 1. The zero-order chi connectivity index (χ0) is 14.7. The molecule has 4 nitrogen and oxygen atoms in total. The Morgan fingerprint density at radius 3 is 2.45 bits per heavy atom. The highest BCUT2D eigenvalue weighted by Crippen LogP contribution is 2.16. The highest BCUT2D eigenvalue weighted by atomic mass is 16.3. The van der Waals surface area contributed by atoms with Crippen LogP contribution in [-0.2, 0) is 6.54 Å². The summed E-state index contributed by atoms with van der Waals surface area (Å²) in [6.07, 6.45) is 0. The number of benzene rings is 2. The number of aryl methyl sites for hydroxylation is 1. The fraction of sp³-hybridized carbons (Fsp3) is 0.188. The van der Waals surface area contributed by atoms with E-state index in [9.17, 15) is 9.90 Å². The highest BCUT2D eigenvalue weighted by Gasteiger charge is 2.12. The lowest BCUT2D eigenvalue weighted by Crippen LogP contribution is -2.26. The van der Waals surface area contributed by atoms with Crippen molar-refractivity contribution in [1.29, 1.82) is 0 Å². The third kappa shape index (κ3) is 3.09. The smallest absolute Gasteiger partial charge is 0.253 e. The van der Waals surface area contributed by atoms with Gasteiger partial charge in [-0.25, -0.2) is 0 Å². The lowest BCUT2D eigenvalue weighted by atomic mass is 10.1. The minimum Gasteiger partial charge on any atom is -0.508 e. The first-order chi connectivity index (χ1) is 9.47. The van der Waals surface area contributed by atoms with Crippen LogP contribution in [0.1, 0.15) is 21.5 Å². The SMILES string of the molecule is Cc1ccc(C(=O)N(C)Cc2ccc(O)cc2)cc1N. The summed E-state index contributed by atoms with van der Waals surface area (Å²) < 4.78 is 0. The summed E-state index contributed by atoms with van der Waals surface area (Å²) in [4.78, 5) is 13.9. The highest BCUT2D eigenvalue weighted by molar-refractivity contribution is 5.95. The van der Waals surface area contributed by atoms with Crippen LogP contribution >= 0.6 is 0 Å². The maximum Gasteiger partial charge on any atom is 0.253 e. The van der Waals surface area contributed by atoms with Crippen LogP contribution in [0.5, 0.6) is 5.75 Å². The molecule has 20 heavy (non-hydrogen) atoms. The van der Waals surface area contributed by atoms with Crippen LogP contribution in [0.25, 0.3) is 0 Å². The van der Waals surface area contributed by atoms with Gasteiger partial charge in [-0.3, -0.25) is 4.79 Å². The van der Waals surface area contributed by atoms with E-state index in [0.717, 1.165) is 11.1 Å². The molecule has 1 amide bonds. The molecule has 0 saturated carbocycles. The third-order valence-electron chi connectivity index (χ3n) is 3.23. The minimum absolute atomic E-state index is 0.0789. The van der Waals surface area contributed by atoms with Crippen molar-refractivity contribution in [1.82, 2.24) is 4.90 Å². The molecule has 2 rings (SSSR count). The first-order valence-electron chi connectivity index (χ1n) is 6.37. The zero-order valence-corrected chi connectivity index (χ0v) is 11.6. The first kappa shape index (κ1) is 13.9. The lowest BCUT2D eigenvalue weighted by Gasteiger charge is -2.18. The van der Waals surface area contributed by atoms with Crippen LogP contribution in [0.4, 0.5) is 5.69 Å². The van der Waals surface area contributed by atoms with Gasteiger partial charge in [0.05, 0.1) is 0 Å². The van der Waals surface area contributed by atoms with Crippen LogP contribution in [0, 0.1) is 6.92 Å². The number of rotatable bonds is 3. The number of carbonyl (C=O) groups is 1. The Bertz CT molecular complexity index is 621. The zero-order valence-electron chi connectivity index (χ0n) is 11.6. The quantitative estimate of drug-likeness (QED) is 0.842. The van der Waals surface area contributed by atoms with Crippen LogP contribution < -0.4 is 5.73 Å². The van der Waals surface area contributed by atoms with Gasteiger partial charge in [0.25, 0.3) is 5.91 Å². The summed E-state index contributed by atoms with van der Waals surface area (Å²) in [5.41, 5.74) is 8.94. The number of aromatic hydroxyl groups is 1. The van der Waals surface area contributed by atoms with Crippen LogP contribution in [0.2, 0.25) is 0 Å². The van der Waals surface area contributed by atoms with Crippen molar-refractivity contribution in [2.75, 3.05) is 12.8 Å². The van der Waals surface area contributed by atoms with Crippen molar-refractivity contribution in [3.63, 3.8) is 0 Å². The minimum atomic E-state index is -0.0789. The molecule has 2 aromatic carbocycles. The monoisotopic (exact) mass is 270 g/mol. The van der Waals surface area contributed by atoms with Crippen molar-refractivity contribution in [2.45, 2.75) is 13.5 Å². The molecule has 3 N–H and O–H groups in total. The van der Waals surface area contributed by atoms with Gasteiger partial charge in [0.1, 0.15) is 5.75 Å². The summed E-state index contributed by atoms with van der Waals surface area (Å²) in [6.45, 7) is 2.39. The van der Waals surface area contributed by atoms with Crippen molar-refractivity contribution >= 4 is 11.6 Å². The molecule has 0 unspecified atom stereocenters. The molecule has 0 spiro atoms. The van der Waals surface area contributed by atoms with E-state index in [4.69, 9.17) is 5.73 Å². The maximum atomic E-state index is 12.3. The molecule has 0 bridgehead atoms. The van der Waals surface area contributed by atoms with Gasteiger partial charge in [-0.05, 0) is 42.3 Å². The number of nitrogen functional groups attached to an aromatic ring is 1. The van der Waals surface area contributed by atoms with Gasteiger partial charge in [0.15, 0.2) is 0 Å². The Balaban J connectivity index is 2.11. The summed E-state index contributed by atoms with van der Waals surface area (Å²) in [6, 6.07) is 12.1. The molecule has 0 atom stereocenters. The Hall–Kier alpha value is -2.49. The number of hydrogen-bond donors (Lipinski definition) is 2. The fourth-order valence-corrected chi connectivity index (χ4v) is 1.94. The average Bonchev–Trinajstić information content (AvgIpc) is 2.43. The van der Waals surface area contributed by atoms with Crippen molar-refractivity contribution in [3.8, 4) is 5.75 Å². The predicted octanol–water partition coefficient (Wildman–Crippen LogP) is 2.56. The number of phenolic OH excluding ortho intramolecular Hbond substituents is 1. The molecule has 4 heteroatoms. The molecule has 0 aliphatic rings. The fourth-order valence-electron chi connectivity index (χ4n) is 1.94. The Morgan fingerprint density at radius 2 is 1.85 bits per heavy atom.